The predicted octanol–water partition coefficient (Wildman–Crippen LogP) is 3.07. The third kappa shape index (κ3) is 6.95. The fourth-order valence-electron chi connectivity index (χ4n) is 3.41. The lowest BCUT2D eigenvalue weighted by molar-refractivity contribution is -0.123. The molecule has 2 heterocycles. The first kappa shape index (κ1) is 25.2. The fraction of sp³-hybridized carbons (Fsp3) is 0.714. The Morgan fingerprint density at radius 2 is 1.81 bits per heavy atom. The third-order valence-electron chi connectivity index (χ3n) is 4.73. The van der Waals surface area contributed by atoms with E-state index >= 15 is 0 Å². The lowest BCUT2D eigenvalue weighted by Crippen LogP contribution is -2.47. The van der Waals surface area contributed by atoms with E-state index in [1.165, 1.54) is 0 Å². The van der Waals surface area contributed by atoms with Crippen LogP contribution in [-0.2, 0) is 22.6 Å². The van der Waals surface area contributed by atoms with Gasteiger partial charge in [-0.2, -0.15) is 0 Å². The molecule has 3 amide bonds. The molecule has 9 nitrogen and oxygen atoms in total. The van der Waals surface area contributed by atoms with Crippen LogP contribution < -0.4 is 10.6 Å². The Morgan fingerprint density at radius 3 is 2.35 bits per heavy atom. The Kier molecular flexibility index (Phi) is 7.78. The van der Waals surface area contributed by atoms with Crippen molar-refractivity contribution >= 4 is 33.8 Å². The molecule has 174 valence electrons. The van der Waals surface area contributed by atoms with Crippen LogP contribution in [0.3, 0.4) is 0 Å². The lowest BCUT2D eigenvalue weighted by atomic mass is 9.87. The maximum Gasteiger partial charge on any atom is 0.410 e. The summed E-state index contributed by atoms with van der Waals surface area (Å²) >= 11 is 3.43. The molecule has 10 heteroatoms. The van der Waals surface area contributed by atoms with Crippen LogP contribution in [0.25, 0.3) is 0 Å². The molecule has 31 heavy (non-hydrogen) atoms. The zero-order valence-corrected chi connectivity index (χ0v) is 21.1. The molecule has 1 aliphatic rings. The number of likely N-dealkylation sites (N-methyl/N-ethyl adjacent to an activating group) is 1. The largest absolute Gasteiger partial charge is 0.444 e. The van der Waals surface area contributed by atoms with E-state index in [1.54, 1.807) is 11.9 Å². The maximum absolute atomic E-state index is 13.1. The van der Waals surface area contributed by atoms with Gasteiger partial charge in [0.2, 0.25) is 5.91 Å². The third-order valence-corrected chi connectivity index (χ3v) is 5.33. The molecule has 1 aromatic rings. The number of imidazole rings is 1. The lowest BCUT2D eigenvalue weighted by Gasteiger charge is -2.27. The second-order valence-electron chi connectivity index (χ2n) is 9.99. The first-order valence-corrected chi connectivity index (χ1v) is 11.3. The molecular formula is C21H34BrN5O4. The number of carbonyl (C=O) groups excluding carboxylic acids is 3. The Balaban J connectivity index is 2.30. The van der Waals surface area contributed by atoms with E-state index in [2.05, 4.69) is 31.5 Å². The van der Waals surface area contributed by atoms with E-state index in [-0.39, 0.29) is 23.6 Å². The maximum atomic E-state index is 13.1. The molecule has 0 saturated carbocycles. The summed E-state index contributed by atoms with van der Waals surface area (Å²) in [5.41, 5.74) is 0.0335. The van der Waals surface area contributed by atoms with Crippen LogP contribution in [0.5, 0.6) is 0 Å². The van der Waals surface area contributed by atoms with Gasteiger partial charge in [0.1, 0.15) is 11.6 Å². The predicted molar refractivity (Wildman–Crippen MR) is 121 cm³/mol. The monoisotopic (exact) mass is 499 g/mol. The van der Waals surface area contributed by atoms with Crippen LogP contribution in [0.4, 0.5) is 4.79 Å². The Bertz CT molecular complexity index is 838. The van der Waals surface area contributed by atoms with E-state index in [1.807, 2.05) is 46.1 Å². The average Bonchev–Trinajstić information content (AvgIpc) is 2.79. The first-order chi connectivity index (χ1) is 14.2. The van der Waals surface area contributed by atoms with Crippen molar-refractivity contribution in [2.45, 2.75) is 79.1 Å². The number of ether oxygens (including phenoxy) is 1. The van der Waals surface area contributed by atoms with Crippen molar-refractivity contribution in [1.82, 2.24) is 25.1 Å². The number of rotatable bonds is 4. The van der Waals surface area contributed by atoms with Gasteiger partial charge in [-0.25, -0.2) is 9.78 Å². The molecule has 2 N–H and O–H groups in total. The second-order valence-corrected chi connectivity index (χ2v) is 10.7. The van der Waals surface area contributed by atoms with Crippen molar-refractivity contribution in [2.24, 2.45) is 5.41 Å². The zero-order valence-electron chi connectivity index (χ0n) is 19.5. The van der Waals surface area contributed by atoms with Crippen molar-refractivity contribution in [3.8, 4) is 0 Å². The van der Waals surface area contributed by atoms with Gasteiger partial charge in [-0.3, -0.25) is 9.59 Å². The summed E-state index contributed by atoms with van der Waals surface area (Å²) in [4.78, 5) is 44.1. The van der Waals surface area contributed by atoms with Crippen LogP contribution in [0.1, 0.15) is 70.6 Å². The summed E-state index contributed by atoms with van der Waals surface area (Å²) in [5.74, 6) is -0.707. The molecule has 0 fully saturated rings. The SMILES string of the molecule is CNC(=O)[C@H](CC(C)(C)C)NC(=O)c1nc(Br)n2c1CN(C(=O)OC(C)(C)C)CCC2. The van der Waals surface area contributed by atoms with E-state index in [4.69, 9.17) is 4.74 Å². The fourth-order valence-corrected chi connectivity index (χ4v) is 3.98. The Hall–Kier alpha value is -2.10. The first-order valence-electron chi connectivity index (χ1n) is 10.5. The molecule has 0 saturated heterocycles. The summed E-state index contributed by atoms with van der Waals surface area (Å²) in [5, 5.41) is 5.43. The van der Waals surface area contributed by atoms with Gasteiger partial charge < -0.3 is 24.8 Å². The van der Waals surface area contributed by atoms with E-state index in [0.29, 0.717) is 36.4 Å². The standard InChI is InChI=1S/C21H34BrN5O4/c1-20(2,3)11-13(16(28)23-7)24-17(29)15-14-12-26(19(30)31-21(4,5)6)9-8-10-27(14)18(22)25-15/h13H,8-12H2,1-7H3,(H,23,28)(H,24,29)/t13-/m0/s1. The molecule has 2 rings (SSSR count). The topological polar surface area (TPSA) is 106 Å². The summed E-state index contributed by atoms with van der Waals surface area (Å²) in [6.07, 6.45) is 0.743. The van der Waals surface area contributed by atoms with Gasteiger partial charge in [0.15, 0.2) is 10.4 Å². The van der Waals surface area contributed by atoms with Crippen molar-refractivity contribution in [1.29, 1.82) is 0 Å². The number of aromatic nitrogens is 2. The van der Waals surface area contributed by atoms with Crippen LogP contribution in [-0.4, -0.2) is 57.6 Å². The number of fused-ring (bicyclic) bond motifs is 1. The van der Waals surface area contributed by atoms with Crippen molar-refractivity contribution in [2.75, 3.05) is 13.6 Å². The molecule has 0 aromatic carbocycles. The highest BCUT2D eigenvalue weighted by Gasteiger charge is 2.32. The molecule has 0 bridgehead atoms. The minimum atomic E-state index is -0.693. The minimum absolute atomic E-state index is 0.163. The normalized spacial score (nSPS) is 15.5. The smallest absolute Gasteiger partial charge is 0.410 e. The van der Waals surface area contributed by atoms with Gasteiger partial charge in [-0.1, -0.05) is 20.8 Å². The molecule has 0 unspecified atom stereocenters. The van der Waals surface area contributed by atoms with Crippen LogP contribution in [0, 0.1) is 5.41 Å². The number of nitrogens with one attached hydrogen (secondary N) is 2. The summed E-state index contributed by atoms with van der Waals surface area (Å²) in [7, 11) is 1.54. The van der Waals surface area contributed by atoms with E-state index < -0.39 is 23.6 Å². The number of nitrogens with zero attached hydrogens (tertiary/aromatic N) is 3. The quantitative estimate of drug-likeness (QED) is 0.661. The molecule has 0 spiro atoms. The average molecular weight is 500 g/mol. The van der Waals surface area contributed by atoms with Crippen molar-refractivity contribution < 1.29 is 19.1 Å². The van der Waals surface area contributed by atoms with Gasteiger partial charge in [0.25, 0.3) is 5.91 Å². The molecular weight excluding hydrogens is 466 g/mol. The Labute approximate surface area is 192 Å². The van der Waals surface area contributed by atoms with Gasteiger partial charge in [0.05, 0.1) is 12.2 Å². The molecule has 0 aliphatic carbocycles. The van der Waals surface area contributed by atoms with Gasteiger partial charge in [-0.15, -0.1) is 0 Å². The van der Waals surface area contributed by atoms with Gasteiger partial charge in [-0.05, 0) is 55.0 Å². The number of hydrogen-bond acceptors (Lipinski definition) is 5. The van der Waals surface area contributed by atoms with Crippen molar-refractivity contribution in [3.63, 3.8) is 0 Å². The van der Waals surface area contributed by atoms with Crippen molar-refractivity contribution in [3.05, 3.63) is 16.1 Å². The molecule has 1 aromatic heterocycles. The summed E-state index contributed by atoms with van der Waals surface area (Å²) in [6.45, 7) is 12.8. The van der Waals surface area contributed by atoms with Gasteiger partial charge in [0, 0.05) is 20.1 Å². The highest BCUT2D eigenvalue weighted by molar-refractivity contribution is 9.10. The number of hydrogen-bond donors (Lipinski definition) is 2. The highest BCUT2D eigenvalue weighted by Crippen LogP contribution is 2.25. The second kappa shape index (κ2) is 9.58. The van der Waals surface area contributed by atoms with Crippen LogP contribution in [0.2, 0.25) is 0 Å². The number of carbonyl (C=O) groups is 3. The number of halogens is 1. The van der Waals surface area contributed by atoms with E-state index in [0.717, 1.165) is 0 Å². The van der Waals surface area contributed by atoms with Crippen LogP contribution >= 0.6 is 15.9 Å². The highest BCUT2D eigenvalue weighted by atomic mass is 79.9. The summed E-state index contributed by atoms with van der Waals surface area (Å²) < 4.78 is 7.92. The van der Waals surface area contributed by atoms with Gasteiger partial charge >= 0.3 is 6.09 Å². The van der Waals surface area contributed by atoms with E-state index in [9.17, 15) is 14.4 Å². The minimum Gasteiger partial charge on any atom is -0.444 e. The Morgan fingerprint density at radius 1 is 1.16 bits per heavy atom. The molecule has 1 aliphatic heterocycles. The molecule has 0 radical (unpaired) electrons. The molecule has 1 atom stereocenters. The summed E-state index contributed by atoms with van der Waals surface area (Å²) in [6, 6.07) is -0.693. The number of amides is 3. The van der Waals surface area contributed by atoms with Crippen LogP contribution in [0.15, 0.2) is 4.73 Å². The zero-order chi connectivity index (χ0) is 23.6.